The van der Waals surface area contributed by atoms with Crippen molar-refractivity contribution in [2.75, 3.05) is 13.1 Å². The van der Waals surface area contributed by atoms with Crippen molar-refractivity contribution in [2.45, 2.75) is 26.7 Å². The van der Waals surface area contributed by atoms with Gasteiger partial charge in [-0.15, -0.1) is 0 Å². The minimum Gasteiger partial charge on any atom is -0.316 e. The van der Waals surface area contributed by atoms with Crippen molar-refractivity contribution in [1.29, 1.82) is 0 Å². The first-order valence-electron chi connectivity index (χ1n) is 5.05. The molecule has 0 bridgehead atoms. The number of aromatic nitrogens is 2. The number of nitrogens with one attached hydrogen (secondary N) is 1. The molecule has 0 saturated carbocycles. The standard InChI is InChI=1S/C10H18ClN3/c1-4-6-12-7-5-9-10(11)8(2)13-14(9)3/h12H,4-7H2,1-3H3. The maximum atomic E-state index is 6.12. The average molecular weight is 216 g/mol. The number of hydrogen-bond acceptors (Lipinski definition) is 2. The highest BCUT2D eigenvalue weighted by molar-refractivity contribution is 6.31. The third-order valence-corrected chi connectivity index (χ3v) is 2.72. The molecule has 0 spiro atoms. The van der Waals surface area contributed by atoms with E-state index in [-0.39, 0.29) is 0 Å². The van der Waals surface area contributed by atoms with E-state index >= 15 is 0 Å². The highest BCUT2D eigenvalue weighted by atomic mass is 35.5. The number of nitrogens with zero attached hydrogens (tertiary/aromatic N) is 2. The second kappa shape index (κ2) is 5.37. The minimum atomic E-state index is 0.811. The summed E-state index contributed by atoms with van der Waals surface area (Å²) in [5, 5.41) is 8.42. The molecule has 0 radical (unpaired) electrons. The first-order chi connectivity index (χ1) is 6.66. The van der Waals surface area contributed by atoms with Crippen molar-refractivity contribution < 1.29 is 0 Å². The van der Waals surface area contributed by atoms with Gasteiger partial charge in [-0.2, -0.15) is 5.10 Å². The quantitative estimate of drug-likeness (QED) is 0.761. The van der Waals surface area contributed by atoms with E-state index in [1.165, 1.54) is 0 Å². The molecule has 0 aromatic carbocycles. The van der Waals surface area contributed by atoms with Gasteiger partial charge in [0.1, 0.15) is 0 Å². The predicted molar refractivity (Wildman–Crippen MR) is 59.8 cm³/mol. The molecule has 1 N–H and O–H groups in total. The Hall–Kier alpha value is -0.540. The van der Waals surface area contributed by atoms with Crippen LogP contribution in [0.25, 0.3) is 0 Å². The number of halogens is 1. The van der Waals surface area contributed by atoms with Crippen LogP contribution in [0.5, 0.6) is 0 Å². The van der Waals surface area contributed by atoms with E-state index < -0.39 is 0 Å². The van der Waals surface area contributed by atoms with Gasteiger partial charge < -0.3 is 5.32 Å². The summed E-state index contributed by atoms with van der Waals surface area (Å²) >= 11 is 6.12. The Morgan fingerprint density at radius 3 is 2.64 bits per heavy atom. The Morgan fingerprint density at radius 2 is 2.14 bits per heavy atom. The molecule has 3 nitrogen and oxygen atoms in total. The van der Waals surface area contributed by atoms with E-state index in [1.807, 2.05) is 18.7 Å². The van der Waals surface area contributed by atoms with Crippen LogP contribution in [0.3, 0.4) is 0 Å². The number of aryl methyl sites for hydroxylation is 2. The predicted octanol–water partition coefficient (Wildman–Crippen LogP) is 1.92. The summed E-state index contributed by atoms with van der Waals surface area (Å²) in [6.07, 6.45) is 2.11. The first kappa shape index (κ1) is 11.5. The fraction of sp³-hybridized carbons (Fsp3) is 0.700. The van der Waals surface area contributed by atoms with Gasteiger partial charge in [-0.1, -0.05) is 18.5 Å². The topological polar surface area (TPSA) is 29.9 Å². The number of hydrogen-bond donors (Lipinski definition) is 1. The van der Waals surface area contributed by atoms with Crippen molar-refractivity contribution in [1.82, 2.24) is 15.1 Å². The van der Waals surface area contributed by atoms with Crippen LogP contribution in [0.1, 0.15) is 24.7 Å². The molecule has 0 atom stereocenters. The van der Waals surface area contributed by atoms with Crippen LogP contribution in [0.15, 0.2) is 0 Å². The van der Waals surface area contributed by atoms with E-state index in [4.69, 9.17) is 11.6 Å². The zero-order valence-electron chi connectivity index (χ0n) is 9.10. The van der Waals surface area contributed by atoms with Gasteiger partial charge in [0.05, 0.1) is 16.4 Å². The fourth-order valence-corrected chi connectivity index (χ4v) is 1.71. The largest absolute Gasteiger partial charge is 0.316 e. The van der Waals surface area contributed by atoms with Gasteiger partial charge in [0.2, 0.25) is 0 Å². The summed E-state index contributed by atoms with van der Waals surface area (Å²) in [6.45, 7) is 6.13. The lowest BCUT2D eigenvalue weighted by Crippen LogP contribution is -2.19. The lowest BCUT2D eigenvalue weighted by atomic mass is 10.3. The molecule has 1 aromatic rings. The van der Waals surface area contributed by atoms with Crippen LogP contribution in [0.2, 0.25) is 5.02 Å². The van der Waals surface area contributed by atoms with Crippen LogP contribution >= 0.6 is 11.6 Å². The molecule has 0 aliphatic carbocycles. The lowest BCUT2D eigenvalue weighted by molar-refractivity contribution is 0.635. The molecule has 4 heteroatoms. The van der Waals surface area contributed by atoms with Crippen LogP contribution in [-0.2, 0) is 13.5 Å². The van der Waals surface area contributed by atoms with Crippen LogP contribution in [0, 0.1) is 6.92 Å². The lowest BCUT2D eigenvalue weighted by Gasteiger charge is -2.04. The smallest absolute Gasteiger partial charge is 0.0847 e. The highest BCUT2D eigenvalue weighted by Gasteiger charge is 2.09. The van der Waals surface area contributed by atoms with Gasteiger partial charge in [-0.25, -0.2) is 0 Å². The van der Waals surface area contributed by atoms with Crippen molar-refractivity contribution in [3.05, 3.63) is 16.4 Å². The fourth-order valence-electron chi connectivity index (χ4n) is 1.46. The summed E-state index contributed by atoms with van der Waals surface area (Å²) in [6, 6.07) is 0. The van der Waals surface area contributed by atoms with Crippen LogP contribution in [0.4, 0.5) is 0 Å². The van der Waals surface area contributed by atoms with Gasteiger partial charge in [-0.05, 0) is 19.9 Å². The van der Waals surface area contributed by atoms with E-state index in [9.17, 15) is 0 Å². The Labute approximate surface area is 90.4 Å². The molecule has 1 aromatic heterocycles. The summed E-state index contributed by atoms with van der Waals surface area (Å²) in [4.78, 5) is 0. The third-order valence-electron chi connectivity index (χ3n) is 2.23. The van der Waals surface area contributed by atoms with E-state index in [0.29, 0.717) is 0 Å². The first-order valence-corrected chi connectivity index (χ1v) is 5.43. The van der Waals surface area contributed by atoms with Gasteiger partial charge in [0.25, 0.3) is 0 Å². The van der Waals surface area contributed by atoms with Gasteiger partial charge in [0, 0.05) is 20.0 Å². The Kier molecular flexibility index (Phi) is 4.42. The van der Waals surface area contributed by atoms with E-state index in [0.717, 1.165) is 42.3 Å². The minimum absolute atomic E-state index is 0.811. The Morgan fingerprint density at radius 1 is 1.43 bits per heavy atom. The zero-order chi connectivity index (χ0) is 10.6. The molecule has 0 unspecified atom stereocenters. The summed E-state index contributed by atoms with van der Waals surface area (Å²) < 4.78 is 1.87. The molecule has 14 heavy (non-hydrogen) atoms. The number of rotatable bonds is 5. The monoisotopic (exact) mass is 215 g/mol. The summed E-state index contributed by atoms with van der Waals surface area (Å²) in [5.74, 6) is 0. The van der Waals surface area contributed by atoms with E-state index in [2.05, 4.69) is 17.3 Å². The Bertz CT molecular complexity index is 294. The van der Waals surface area contributed by atoms with Crippen molar-refractivity contribution in [3.8, 4) is 0 Å². The molecule has 1 rings (SSSR count). The SMILES string of the molecule is CCCNCCc1c(Cl)c(C)nn1C. The summed E-state index contributed by atoms with van der Waals surface area (Å²) in [7, 11) is 1.94. The molecular weight excluding hydrogens is 198 g/mol. The van der Waals surface area contributed by atoms with E-state index in [1.54, 1.807) is 0 Å². The van der Waals surface area contributed by atoms with Crippen LogP contribution < -0.4 is 5.32 Å². The van der Waals surface area contributed by atoms with Crippen molar-refractivity contribution >= 4 is 11.6 Å². The molecule has 0 aliphatic heterocycles. The zero-order valence-corrected chi connectivity index (χ0v) is 9.86. The average Bonchev–Trinajstić information content (AvgIpc) is 2.38. The maximum absolute atomic E-state index is 6.12. The third kappa shape index (κ3) is 2.72. The Balaban J connectivity index is 2.49. The second-order valence-corrected chi connectivity index (χ2v) is 3.85. The summed E-state index contributed by atoms with van der Waals surface area (Å²) in [5.41, 5.74) is 2.03. The van der Waals surface area contributed by atoms with Gasteiger partial charge in [0.15, 0.2) is 0 Å². The van der Waals surface area contributed by atoms with Crippen molar-refractivity contribution in [2.24, 2.45) is 7.05 Å². The van der Waals surface area contributed by atoms with Gasteiger partial charge in [-0.3, -0.25) is 4.68 Å². The molecule has 0 fully saturated rings. The van der Waals surface area contributed by atoms with Crippen molar-refractivity contribution in [3.63, 3.8) is 0 Å². The highest BCUT2D eigenvalue weighted by Crippen LogP contribution is 2.19. The maximum Gasteiger partial charge on any atom is 0.0847 e. The second-order valence-electron chi connectivity index (χ2n) is 3.47. The molecule has 0 saturated heterocycles. The molecule has 0 amide bonds. The molecule has 1 heterocycles. The normalized spacial score (nSPS) is 10.9. The van der Waals surface area contributed by atoms with Gasteiger partial charge >= 0.3 is 0 Å². The van der Waals surface area contributed by atoms with Crippen LogP contribution in [-0.4, -0.2) is 22.9 Å². The molecule has 80 valence electrons. The molecule has 0 aliphatic rings. The molecular formula is C10H18ClN3.